The largest absolute Gasteiger partial charge is 0.150 e. The van der Waals surface area contributed by atoms with Gasteiger partial charge < -0.3 is 0 Å². The number of nitrogens with zero attached hydrogens (tertiary/aromatic N) is 1. The van der Waals surface area contributed by atoms with E-state index < -0.39 is 6.04 Å². The van der Waals surface area contributed by atoms with Gasteiger partial charge in [-0.05, 0) is 11.1 Å². The molecule has 17 heavy (non-hydrogen) atoms. The van der Waals surface area contributed by atoms with Crippen molar-refractivity contribution in [3.05, 3.63) is 82.8 Å². The van der Waals surface area contributed by atoms with E-state index in [1.165, 1.54) is 0 Å². The molecule has 0 aromatic heterocycles. The van der Waals surface area contributed by atoms with Gasteiger partial charge in [-0.25, -0.2) is 0 Å². The highest BCUT2D eigenvalue weighted by Crippen LogP contribution is 2.19. The van der Waals surface area contributed by atoms with E-state index >= 15 is 0 Å². The van der Waals surface area contributed by atoms with Gasteiger partial charge in [0.05, 0.1) is 0 Å². The summed E-state index contributed by atoms with van der Waals surface area (Å²) >= 11 is 0. The fourth-order valence-electron chi connectivity index (χ4n) is 1.62. The van der Waals surface area contributed by atoms with Crippen LogP contribution in [0.3, 0.4) is 0 Å². The maximum Gasteiger partial charge on any atom is 0.135 e. The number of hydrogen-bond donors (Lipinski definition) is 0. The molecule has 0 bridgehead atoms. The molecule has 2 aromatic carbocycles. The third-order valence-corrected chi connectivity index (χ3v) is 2.53. The molecule has 0 N–H and O–H groups in total. The van der Waals surface area contributed by atoms with Crippen molar-refractivity contribution in [1.29, 1.82) is 0 Å². The molecule has 0 amide bonds. The van der Waals surface area contributed by atoms with Crippen LogP contribution in [-0.2, 0) is 0 Å². The second-order valence-electron chi connectivity index (χ2n) is 3.73. The monoisotopic (exact) mass is 223 g/mol. The number of nitroso groups, excluding NO2 is 1. The number of hydrogen-bond acceptors (Lipinski definition) is 2. The van der Waals surface area contributed by atoms with Gasteiger partial charge in [0, 0.05) is 0 Å². The van der Waals surface area contributed by atoms with Gasteiger partial charge in [-0.1, -0.05) is 78.0 Å². The second-order valence-corrected chi connectivity index (χ2v) is 3.73. The summed E-state index contributed by atoms with van der Waals surface area (Å²) in [6.07, 6.45) is 3.73. The molecule has 0 aliphatic rings. The molecular formula is C15H13NO. The van der Waals surface area contributed by atoms with E-state index in [2.05, 4.69) is 5.18 Å². The first-order valence-electron chi connectivity index (χ1n) is 5.51. The van der Waals surface area contributed by atoms with Gasteiger partial charge in [-0.3, -0.25) is 0 Å². The zero-order chi connectivity index (χ0) is 11.9. The van der Waals surface area contributed by atoms with Crippen LogP contribution >= 0.6 is 0 Å². The fourth-order valence-corrected chi connectivity index (χ4v) is 1.62. The molecule has 0 aliphatic heterocycles. The summed E-state index contributed by atoms with van der Waals surface area (Å²) in [7, 11) is 0. The van der Waals surface area contributed by atoms with Crippen LogP contribution in [0.4, 0.5) is 0 Å². The zero-order valence-corrected chi connectivity index (χ0v) is 9.36. The lowest BCUT2D eigenvalue weighted by molar-refractivity contribution is 0.906. The molecule has 84 valence electrons. The Bertz CT molecular complexity index is 491. The van der Waals surface area contributed by atoms with Gasteiger partial charge in [0.2, 0.25) is 0 Å². The molecule has 0 fully saturated rings. The standard InChI is InChI=1S/C15H13NO/c17-16-15(14-9-5-2-6-10-14)12-11-13-7-3-1-4-8-13/h1-12,15H. The molecule has 0 spiro atoms. The highest BCUT2D eigenvalue weighted by atomic mass is 16.3. The molecule has 2 nitrogen and oxygen atoms in total. The molecule has 1 atom stereocenters. The summed E-state index contributed by atoms with van der Waals surface area (Å²) in [6, 6.07) is 19.0. The second kappa shape index (κ2) is 5.75. The summed E-state index contributed by atoms with van der Waals surface area (Å²) in [6.45, 7) is 0. The van der Waals surface area contributed by atoms with Gasteiger partial charge in [0.25, 0.3) is 0 Å². The Labute approximate surface area is 101 Å². The first-order chi connectivity index (χ1) is 8.40. The molecule has 0 aliphatic carbocycles. The van der Waals surface area contributed by atoms with Gasteiger partial charge in [0.1, 0.15) is 6.04 Å². The Morgan fingerprint density at radius 3 is 2.06 bits per heavy atom. The summed E-state index contributed by atoms with van der Waals surface area (Å²) in [5, 5.41) is 3.14. The summed E-state index contributed by atoms with van der Waals surface area (Å²) in [5.74, 6) is 0. The van der Waals surface area contributed by atoms with Crippen LogP contribution in [0.5, 0.6) is 0 Å². The zero-order valence-electron chi connectivity index (χ0n) is 9.36. The van der Waals surface area contributed by atoms with Crippen LogP contribution in [0.2, 0.25) is 0 Å². The summed E-state index contributed by atoms with van der Waals surface area (Å²) < 4.78 is 0. The first-order valence-corrected chi connectivity index (χ1v) is 5.51. The molecule has 0 saturated heterocycles. The van der Waals surface area contributed by atoms with Gasteiger partial charge in [0.15, 0.2) is 0 Å². The molecule has 0 radical (unpaired) electrons. The normalized spacial score (nSPS) is 12.5. The van der Waals surface area contributed by atoms with E-state index in [0.29, 0.717) is 0 Å². The minimum absolute atomic E-state index is 0.420. The predicted molar refractivity (Wildman–Crippen MR) is 70.5 cm³/mol. The van der Waals surface area contributed by atoms with Crippen molar-refractivity contribution in [2.75, 3.05) is 0 Å². The van der Waals surface area contributed by atoms with Crippen molar-refractivity contribution >= 4 is 6.08 Å². The lowest BCUT2D eigenvalue weighted by Gasteiger charge is -2.03. The molecule has 2 heteroatoms. The quantitative estimate of drug-likeness (QED) is 0.714. The van der Waals surface area contributed by atoms with Crippen LogP contribution in [0.15, 0.2) is 71.9 Å². The third-order valence-electron chi connectivity index (χ3n) is 2.53. The molecule has 1 unspecified atom stereocenters. The van der Waals surface area contributed by atoms with Crippen LogP contribution in [0, 0.1) is 4.91 Å². The van der Waals surface area contributed by atoms with Crippen LogP contribution in [-0.4, -0.2) is 0 Å². The van der Waals surface area contributed by atoms with Gasteiger partial charge in [-0.2, -0.15) is 0 Å². The van der Waals surface area contributed by atoms with Crippen LogP contribution in [0.1, 0.15) is 17.2 Å². The summed E-state index contributed by atoms with van der Waals surface area (Å²) in [4.78, 5) is 10.8. The third kappa shape index (κ3) is 3.11. The van der Waals surface area contributed by atoms with E-state index in [-0.39, 0.29) is 0 Å². The van der Waals surface area contributed by atoms with Crippen molar-refractivity contribution in [2.24, 2.45) is 5.18 Å². The Morgan fingerprint density at radius 1 is 0.882 bits per heavy atom. The minimum atomic E-state index is -0.420. The fraction of sp³-hybridized carbons (Fsp3) is 0.0667. The molecule has 0 heterocycles. The molecule has 2 rings (SSSR count). The Hall–Kier alpha value is -2.22. The molecule has 2 aromatic rings. The maximum absolute atomic E-state index is 10.8. The lowest BCUT2D eigenvalue weighted by atomic mass is 10.1. The van der Waals surface area contributed by atoms with E-state index in [1.807, 2.05) is 72.8 Å². The van der Waals surface area contributed by atoms with Crippen molar-refractivity contribution < 1.29 is 0 Å². The average Bonchev–Trinajstić information content (AvgIpc) is 2.42. The van der Waals surface area contributed by atoms with Crippen molar-refractivity contribution in [2.45, 2.75) is 6.04 Å². The van der Waals surface area contributed by atoms with E-state index in [1.54, 1.807) is 0 Å². The van der Waals surface area contributed by atoms with Gasteiger partial charge in [-0.15, -0.1) is 4.91 Å². The topological polar surface area (TPSA) is 29.4 Å². The predicted octanol–water partition coefficient (Wildman–Crippen LogP) is 4.21. The highest BCUT2D eigenvalue weighted by Gasteiger charge is 2.05. The Kier molecular flexibility index (Phi) is 3.81. The highest BCUT2D eigenvalue weighted by molar-refractivity contribution is 5.50. The SMILES string of the molecule is O=NC(C=Cc1ccccc1)c1ccccc1. The van der Waals surface area contributed by atoms with Crippen LogP contribution in [0.25, 0.3) is 6.08 Å². The van der Waals surface area contributed by atoms with Crippen molar-refractivity contribution in [3.63, 3.8) is 0 Å². The van der Waals surface area contributed by atoms with Crippen molar-refractivity contribution in [3.8, 4) is 0 Å². The van der Waals surface area contributed by atoms with Crippen LogP contribution < -0.4 is 0 Å². The maximum atomic E-state index is 10.8. The first kappa shape index (κ1) is 11.3. The Balaban J connectivity index is 2.16. The van der Waals surface area contributed by atoms with Gasteiger partial charge >= 0.3 is 0 Å². The average molecular weight is 223 g/mol. The molecular weight excluding hydrogens is 210 g/mol. The van der Waals surface area contributed by atoms with E-state index in [9.17, 15) is 4.91 Å². The summed E-state index contributed by atoms with van der Waals surface area (Å²) in [5.41, 5.74) is 1.98. The Morgan fingerprint density at radius 2 is 1.47 bits per heavy atom. The molecule has 0 saturated carbocycles. The van der Waals surface area contributed by atoms with E-state index in [0.717, 1.165) is 11.1 Å². The smallest absolute Gasteiger partial charge is 0.135 e. The number of benzene rings is 2. The minimum Gasteiger partial charge on any atom is -0.150 e. The van der Waals surface area contributed by atoms with E-state index in [4.69, 9.17) is 0 Å². The lowest BCUT2D eigenvalue weighted by Crippen LogP contribution is -1.89. The van der Waals surface area contributed by atoms with Crippen molar-refractivity contribution in [1.82, 2.24) is 0 Å². The number of rotatable bonds is 4.